The van der Waals surface area contributed by atoms with Gasteiger partial charge in [-0.1, -0.05) is 27.5 Å². The van der Waals surface area contributed by atoms with Crippen molar-refractivity contribution in [2.75, 3.05) is 5.32 Å². The lowest BCUT2D eigenvalue weighted by Gasteiger charge is -2.12. The van der Waals surface area contributed by atoms with Crippen LogP contribution in [-0.2, 0) is 6.61 Å². The second-order valence-corrected chi connectivity index (χ2v) is 7.26. The van der Waals surface area contributed by atoms with Gasteiger partial charge >= 0.3 is 0 Å². The monoisotopic (exact) mass is 464 g/mol. The summed E-state index contributed by atoms with van der Waals surface area (Å²) in [5, 5.41) is 15.2. The summed E-state index contributed by atoms with van der Waals surface area (Å²) in [6.45, 7) is -0.176. The average Bonchev–Trinajstić information content (AvgIpc) is 3.13. The first-order valence-corrected chi connectivity index (χ1v) is 9.41. The standard InChI is InChI=1S/C19H14BrClN2O3S/c20-13-4-1-11(2-5-13)18(25)23-19(27)22-16-9-12(3-7-15(16)21)17-8-6-14(10-24)26-17/h1-9,24H,10H2,(H2,22,23,25,27). The third-order valence-electron chi connectivity index (χ3n) is 3.65. The van der Waals surface area contributed by atoms with Crippen molar-refractivity contribution in [1.82, 2.24) is 5.32 Å². The van der Waals surface area contributed by atoms with E-state index < -0.39 is 0 Å². The summed E-state index contributed by atoms with van der Waals surface area (Å²) >= 11 is 14.8. The Balaban J connectivity index is 1.72. The molecule has 138 valence electrons. The van der Waals surface area contributed by atoms with Gasteiger partial charge in [0.1, 0.15) is 18.1 Å². The van der Waals surface area contributed by atoms with Crippen molar-refractivity contribution in [2.24, 2.45) is 0 Å². The topological polar surface area (TPSA) is 74.5 Å². The Labute approximate surface area is 174 Å². The minimum Gasteiger partial charge on any atom is -0.459 e. The van der Waals surface area contributed by atoms with E-state index in [1.165, 1.54) is 0 Å². The molecule has 0 saturated carbocycles. The molecule has 1 heterocycles. The van der Waals surface area contributed by atoms with Gasteiger partial charge in [0.2, 0.25) is 0 Å². The largest absolute Gasteiger partial charge is 0.459 e. The van der Waals surface area contributed by atoms with Crippen molar-refractivity contribution in [3.63, 3.8) is 0 Å². The van der Waals surface area contributed by atoms with Gasteiger partial charge in [-0.25, -0.2) is 0 Å². The van der Waals surface area contributed by atoms with Crippen LogP contribution in [0.3, 0.4) is 0 Å². The summed E-state index contributed by atoms with van der Waals surface area (Å²) in [5.41, 5.74) is 1.76. The van der Waals surface area contributed by atoms with Crippen molar-refractivity contribution in [3.05, 3.63) is 75.4 Å². The van der Waals surface area contributed by atoms with Gasteiger partial charge < -0.3 is 14.8 Å². The summed E-state index contributed by atoms with van der Waals surface area (Å²) in [4.78, 5) is 12.2. The molecule has 0 fully saturated rings. The molecule has 0 atom stereocenters. The first kappa shape index (κ1) is 19.6. The number of anilines is 1. The van der Waals surface area contributed by atoms with Crippen molar-refractivity contribution in [2.45, 2.75) is 6.61 Å². The van der Waals surface area contributed by atoms with Gasteiger partial charge in [-0.3, -0.25) is 10.1 Å². The zero-order valence-corrected chi connectivity index (χ0v) is 17.0. The summed E-state index contributed by atoms with van der Waals surface area (Å²) in [6, 6.07) is 15.6. The molecule has 1 amide bonds. The highest BCUT2D eigenvalue weighted by Crippen LogP contribution is 2.30. The van der Waals surface area contributed by atoms with E-state index in [9.17, 15) is 4.79 Å². The van der Waals surface area contributed by atoms with E-state index in [0.29, 0.717) is 27.8 Å². The number of aliphatic hydroxyl groups is 1. The minimum absolute atomic E-state index is 0.123. The molecule has 0 unspecified atom stereocenters. The molecular weight excluding hydrogens is 452 g/mol. The Hall–Kier alpha value is -2.19. The second kappa shape index (κ2) is 8.67. The fraction of sp³-hybridized carbons (Fsp3) is 0.0526. The van der Waals surface area contributed by atoms with Crippen LogP contribution in [-0.4, -0.2) is 16.1 Å². The maximum atomic E-state index is 12.2. The number of rotatable bonds is 4. The number of carbonyl (C=O) groups excluding carboxylic acids is 1. The predicted octanol–water partition coefficient (Wildman–Crippen LogP) is 4.98. The van der Waals surface area contributed by atoms with Crippen LogP contribution >= 0.6 is 39.7 Å². The third-order valence-corrected chi connectivity index (χ3v) is 4.71. The molecular formula is C19H14BrClN2O3S. The van der Waals surface area contributed by atoms with Crippen molar-refractivity contribution in [3.8, 4) is 11.3 Å². The molecule has 0 radical (unpaired) electrons. The predicted molar refractivity (Wildman–Crippen MR) is 113 cm³/mol. The molecule has 5 nitrogen and oxygen atoms in total. The van der Waals surface area contributed by atoms with E-state index >= 15 is 0 Å². The molecule has 1 aromatic heterocycles. The molecule has 0 aliphatic rings. The summed E-state index contributed by atoms with van der Waals surface area (Å²) < 4.78 is 6.40. The number of benzene rings is 2. The molecule has 27 heavy (non-hydrogen) atoms. The minimum atomic E-state index is -0.328. The third kappa shape index (κ3) is 4.95. The smallest absolute Gasteiger partial charge is 0.257 e. The van der Waals surface area contributed by atoms with E-state index in [2.05, 4.69) is 26.6 Å². The highest BCUT2D eigenvalue weighted by molar-refractivity contribution is 9.10. The summed E-state index contributed by atoms with van der Waals surface area (Å²) in [5.74, 6) is 0.723. The van der Waals surface area contributed by atoms with E-state index in [1.54, 1.807) is 54.6 Å². The lowest BCUT2D eigenvalue weighted by atomic mass is 10.1. The van der Waals surface area contributed by atoms with Gasteiger partial charge in [-0.05, 0) is 66.8 Å². The molecule has 3 rings (SSSR count). The highest BCUT2D eigenvalue weighted by atomic mass is 79.9. The molecule has 0 aliphatic carbocycles. The van der Waals surface area contributed by atoms with Crippen LogP contribution in [0.4, 0.5) is 5.69 Å². The zero-order valence-electron chi connectivity index (χ0n) is 13.8. The van der Waals surface area contributed by atoms with E-state index in [-0.39, 0.29) is 17.6 Å². The van der Waals surface area contributed by atoms with Gasteiger partial charge in [-0.15, -0.1) is 0 Å². The number of amides is 1. The van der Waals surface area contributed by atoms with Crippen LogP contribution in [0.25, 0.3) is 11.3 Å². The molecule has 3 N–H and O–H groups in total. The second-order valence-electron chi connectivity index (χ2n) is 5.53. The molecule has 0 aliphatic heterocycles. The Morgan fingerprint density at radius 2 is 1.89 bits per heavy atom. The number of hydrogen-bond donors (Lipinski definition) is 3. The van der Waals surface area contributed by atoms with Crippen LogP contribution in [0.1, 0.15) is 16.1 Å². The molecule has 8 heteroatoms. The first-order chi connectivity index (χ1) is 13.0. The first-order valence-electron chi connectivity index (χ1n) is 7.83. The number of hydrogen-bond acceptors (Lipinski definition) is 4. The Bertz CT molecular complexity index is 989. The molecule has 2 aromatic carbocycles. The van der Waals surface area contributed by atoms with Crippen molar-refractivity contribution < 1.29 is 14.3 Å². The molecule has 0 saturated heterocycles. The average molecular weight is 466 g/mol. The Morgan fingerprint density at radius 3 is 2.56 bits per heavy atom. The SMILES string of the molecule is O=C(NC(=S)Nc1cc(-c2ccc(CO)o2)ccc1Cl)c1ccc(Br)cc1. The van der Waals surface area contributed by atoms with Crippen LogP contribution in [0, 0.1) is 0 Å². The van der Waals surface area contributed by atoms with Crippen molar-refractivity contribution >= 4 is 56.5 Å². The quantitative estimate of drug-likeness (QED) is 0.474. The molecule has 0 bridgehead atoms. The van der Waals surface area contributed by atoms with E-state index in [1.807, 2.05) is 0 Å². The number of aliphatic hydroxyl groups excluding tert-OH is 1. The highest BCUT2D eigenvalue weighted by Gasteiger charge is 2.11. The normalized spacial score (nSPS) is 10.5. The van der Waals surface area contributed by atoms with Crippen LogP contribution in [0.5, 0.6) is 0 Å². The van der Waals surface area contributed by atoms with Gasteiger partial charge in [-0.2, -0.15) is 0 Å². The lowest BCUT2D eigenvalue weighted by molar-refractivity contribution is 0.0977. The van der Waals surface area contributed by atoms with Crippen LogP contribution in [0.15, 0.2) is 63.5 Å². The van der Waals surface area contributed by atoms with Gasteiger partial charge in [0.15, 0.2) is 5.11 Å². The lowest BCUT2D eigenvalue weighted by Crippen LogP contribution is -2.34. The van der Waals surface area contributed by atoms with Crippen LogP contribution < -0.4 is 10.6 Å². The zero-order chi connectivity index (χ0) is 19.4. The van der Waals surface area contributed by atoms with Gasteiger partial charge in [0.25, 0.3) is 5.91 Å². The molecule has 0 spiro atoms. The fourth-order valence-electron chi connectivity index (χ4n) is 2.32. The van der Waals surface area contributed by atoms with E-state index in [0.717, 1.165) is 10.0 Å². The molecule has 3 aromatic rings. The fourth-order valence-corrected chi connectivity index (χ4v) is 2.95. The van der Waals surface area contributed by atoms with Gasteiger partial charge in [0, 0.05) is 15.6 Å². The number of furan rings is 1. The number of halogens is 2. The maximum absolute atomic E-state index is 12.2. The number of nitrogens with one attached hydrogen (secondary N) is 2. The van der Waals surface area contributed by atoms with Gasteiger partial charge in [0.05, 0.1) is 10.7 Å². The number of thiocarbonyl (C=S) groups is 1. The summed E-state index contributed by atoms with van der Waals surface area (Å²) in [7, 11) is 0. The van der Waals surface area contributed by atoms with Crippen LogP contribution in [0.2, 0.25) is 5.02 Å². The van der Waals surface area contributed by atoms with Crippen molar-refractivity contribution in [1.29, 1.82) is 0 Å². The number of carbonyl (C=O) groups is 1. The summed E-state index contributed by atoms with van der Waals surface area (Å²) in [6.07, 6.45) is 0. The Kier molecular flexibility index (Phi) is 6.28. The Morgan fingerprint density at radius 1 is 1.15 bits per heavy atom. The van der Waals surface area contributed by atoms with E-state index in [4.69, 9.17) is 33.3 Å². The maximum Gasteiger partial charge on any atom is 0.257 e.